The quantitative estimate of drug-likeness (QED) is 0.717. The van der Waals surface area contributed by atoms with Crippen molar-refractivity contribution >= 4 is 24.7 Å². The summed E-state index contributed by atoms with van der Waals surface area (Å²) in [6.07, 6.45) is 6.89. The van der Waals surface area contributed by atoms with Crippen molar-refractivity contribution in [1.29, 1.82) is 0 Å². The first-order chi connectivity index (χ1) is 7.93. The maximum atomic E-state index is 6.06. The van der Waals surface area contributed by atoms with E-state index in [1.54, 1.807) is 0 Å². The van der Waals surface area contributed by atoms with Crippen molar-refractivity contribution in [2.45, 2.75) is 18.9 Å². The summed E-state index contributed by atoms with van der Waals surface area (Å²) < 4.78 is 10.7. The van der Waals surface area contributed by atoms with Gasteiger partial charge in [0.15, 0.2) is 0 Å². The highest BCUT2D eigenvalue weighted by atomic mass is 127. The van der Waals surface area contributed by atoms with Gasteiger partial charge in [-0.05, 0) is 38.1 Å². The molecule has 0 spiro atoms. The minimum Gasteiger partial charge on any atom is -0.485 e. The molecule has 2 heterocycles. The number of fused-ring (bicyclic) bond motifs is 1. The Labute approximate surface area is 106 Å². The standard InChI is InChI=1S/C14H13IO/c1-2-6-13-11(4-1)7-8-14(16-13)12-5-3-9-15-10-12/h1-6,9-10,14H,7-8H2/t14-/m0/s1. The molecule has 0 unspecified atom stereocenters. The van der Waals surface area contributed by atoms with E-state index in [2.05, 4.69) is 38.4 Å². The Bertz CT molecular complexity index is 485. The van der Waals surface area contributed by atoms with Crippen molar-refractivity contribution in [2.24, 2.45) is 0 Å². The van der Waals surface area contributed by atoms with Crippen molar-refractivity contribution in [3.8, 4) is 5.75 Å². The lowest BCUT2D eigenvalue weighted by Crippen LogP contribution is -2.25. The fourth-order valence-corrected chi connectivity index (χ4v) is 3.75. The van der Waals surface area contributed by atoms with E-state index in [-0.39, 0.29) is 26.8 Å². The minimum atomic E-state index is 0.125. The van der Waals surface area contributed by atoms with Gasteiger partial charge in [0.05, 0.1) is 0 Å². The second-order valence-electron chi connectivity index (χ2n) is 3.97. The highest BCUT2D eigenvalue weighted by Crippen LogP contribution is 2.30. The molecule has 0 aliphatic carbocycles. The zero-order valence-corrected chi connectivity index (χ0v) is 11.1. The Morgan fingerprint density at radius 2 is 2.19 bits per heavy atom. The van der Waals surface area contributed by atoms with Crippen LogP contribution in [0.3, 0.4) is 0 Å². The van der Waals surface area contributed by atoms with Crippen molar-refractivity contribution in [3.63, 3.8) is 0 Å². The van der Waals surface area contributed by atoms with Crippen LogP contribution in [0.25, 0.3) is 0 Å². The number of ether oxygens (including phenoxy) is 1. The molecule has 0 fully saturated rings. The Balaban J connectivity index is 1.85. The predicted molar refractivity (Wildman–Crippen MR) is 76.5 cm³/mol. The lowest BCUT2D eigenvalue weighted by atomic mass is 9.98. The number of benzene rings is 1. The maximum absolute atomic E-state index is 6.06. The van der Waals surface area contributed by atoms with Gasteiger partial charge in [-0.25, -0.2) is 0 Å². The minimum absolute atomic E-state index is 0.125. The summed E-state index contributed by atoms with van der Waals surface area (Å²) in [6.45, 7) is 0. The molecule has 1 atom stereocenters. The average Bonchev–Trinajstić information content (AvgIpc) is 2.39. The topological polar surface area (TPSA) is 9.23 Å². The Morgan fingerprint density at radius 1 is 1.25 bits per heavy atom. The Kier molecular flexibility index (Phi) is 2.91. The average molecular weight is 324 g/mol. The van der Waals surface area contributed by atoms with Gasteiger partial charge in [-0.1, -0.05) is 51.1 Å². The van der Waals surface area contributed by atoms with E-state index in [9.17, 15) is 0 Å². The van der Waals surface area contributed by atoms with E-state index < -0.39 is 0 Å². The molecular weight excluding hydrogens is 311 g/mol. The summed E-state index contributed by atoms with van der Waals surface area (Å²) in [4.78, 5) is 0. The fourth-order valence-electron chi connectivity index (χ4n) is 2.07. The highest BCUT2D eigenvalue weighted by molar-refractivity contribution is 14.2. The van der Waals surface area contributed by atoms with Gasteiger partial charge in [-0.3, -0.25) is 0 Å². The molecular formula is C14H13IO. The van der Waals surface area contributed by atoms with Gasteiger partial charge in [-0.15, -0.1) is 0 Å². The molecule has 0 radical (unpaired) electrons. The molecule has 3 rings (SSSR count). The van der Waals surface area contributed by atoms with E-state index in [0.29, 0.717) is 0 Å². The largest absolute Gasteiger partial charge is 0.485 e. The molecule has 0 N–H and O–H groups in total. The lowest BCUT2D eigenvalue weighted by molar-refractivity contribution is 0.214. The molecule has 2 heteroatoms. The molecule has 1 nitrogen and oxygen atoms in total. The van der Waals surface area contributed by atoms with E-state index >= 15 is 0 Å². The number of aryl methyl sites for hydroxylation is 1. The van der Waals surface area contributed by atoms with Crippen molar-refractivity contribution in [2.75, 3.05) is 0 Å². The normalized spacial score (nSPS) is 22.8. The van der Waals surface area contributed by atoms with Gasteiger partial charge in [0, 0.05) is 0 Å². The highest BCUT2D eigenvalue weighted by Gasteiger charge is 2.21. The second kappa shape index (κ2) is 4.53. The number of hydrogen-bond donors (Lipinski definition) is 0. The number of para-hydroxylation sites is 1. The molecule has 2 aliphatic heterocycles. The van der Waals surface area contributed by atoms with Crippen LogP contribution in [-0.2, 0) is 6.42 Å². The van der Waals surface area contributed by atoms with E-state index in [1.165, 1.54) is 11.1 Å². The van der Waals surface area contributed by atoms with Gasteiger partial charge in [0.1, 0.15) is 11.9 Å². The van der Waals surface area contributed by atoms with Gasteiger partial charge < -0.3 is 4.74 Å². The van der Waals surface area contributed by atoms with Crippen LogP contribution < -0.4 is 4.74 Å². The van der Waals surface area contributed by atoms with Crippen LogP contribution in [0, 0.1) is 0 Å². The summed E-state index contributed by atoms with van der Waals surface area (Å²) in [5, 5.41) is 0. The molecule has 0 bridgehead atoms. The number of allylic oxidation sites excluding steroid dienone is 2. The SMILES string of the molecule is C1=CI=CC([C@@H]2CCc3ccccc3O2)=C1. The number of halogens is 1. The first-order valence-electron chi connectivity index (χ1n) is 5.50. The lowest BCUT2D eigenvalue weighted by Gasteiger charge is -2.27. The Morgan fingerprint density at radius 3 is 3.06 bits per heavy atom. The molecule has 1 aromatic carbocycles. The third-order valence-electron chi connectivity index (χ3n) is 2.91. The molecule has 0 saturated heterocycles. The molecule has 1 aromatic rings. The van der Waals surface area contributed by atoms with Crippen LogP contribution in [0.5, 0.6) is 5.75 Å². The van der Waals surface area contributed by atoms with Crippen LogP contribution in [0.2, 0.25) is 0 Å². The summed E-state index contributed by atoms with van der Waals surface area (Å²) in [5.41, 5.74) is 2.73. The van der Waals surface area contributed by atoms with Crippen LogP contribution in [0.1, 0.15) is 12.0 Å². The summed E-state index contributed by atoms with van der Waals surface area (Å²) in [6, 6.07) is 8.38. The van der Waals surface area contributed by atoms with Gasteiger partial charge in [0.25, 0.3) is 0 Å². The van der Waals surface area contributed by atoms with Crippen LogP contribution in [-0.4, -0.2) is 10.1 Å². The van der Waals surface area contributed by atoms with Gasteiger partial charge >= 0.3 is 0 Å². The van der Waals surface area contributed by atoms with Crippen LogP contribution in [0.15, 0.2) is 46.1 Å². The first kappa shape index (κ1) is 10.3. The van der Waals surface area contributed by atoms with E-state index in [1.807, 2.05) is 6.07 Å². The van der Waals surface area contributed by atoms with Gasteiger partial charge in [-0.2, -0.15) is 0 Å². The third kappa shape index (κ3) is 1.98. The smallest absolute Gasteiger partial charge is 0.124 e. The molecule has 82 valence electrons. The predicted octanol–water partition coefficient (Wildman–Crippen LogP) is 3.61. The zero-order chi connectivity index (χ0) is 10.8. The third-order valence-corrected chi connectivity index (χ3v) is 4.82. The van der Waals surface area contributed by atoms with E-state index in [0.717, 1.165) is 18.6 Å². The van der Waals surface area contributed by atoms with Crippen molar-refractivity contribution < 1.29 is 4.74 Å². The monoisotopic (exact) mass is 324 g/mol. The van der Waals surface area contributed by atoms with Crippen LogP contribution >= 0.6 is 20.7 Å². The summed E-state index contributed by atoms with van der Waals surface area (Å²) in [5.74, 6) is 1.07. The number of rotatable bonds is 1. The van der Waals surface area contributed by atoms with Crippen molar-refractivity contribution in [1.82, 2.24) is 0 Å². The maximum Gasteiger partial charge on any atom is 0.124 e. The Hall–Kier alpha value is -0.900. The van der Waals surface area contributed by atoms with Crippen LogP contribution in [0.4, 0.5) is 0 Å². The van der Waals surface area contributed by atoms with Gasteiger partial charge in [0.2, 0.25) is 0 Å². The molecule has 2 aliphatic rings. The molecule has 0 aromatic heterocycles. The fraction of sp³-hybridized carbons (Fsp3) is 0.214. The zero-order valence-electron chi connectivity index (χ0n) is 8.90. The molecule has 16 heavy (non-hydrogen) atoms. The molecule has 0 amide bonds. The van der Waals surface area contributed by atoms with E-state index in [4.69, 9.17) is 4.74 Å². The second-order valence-corrected chi connectivity index (χ2v) is 6.03. The van der Waals surface area contributed by atoms with Crippen molar-refractivity contribution in [3.05, 3.63) is 51.6 Å². The summed E-state index contributed by atoms with van der Waals surface area (Å²) in [7, 11) is 0. The molecule has 0 saturated carbocycles. The first-order valence-corrected chi connectivity index (χ1v) is 7.99. The summed E-state index contributed by atoms with van der Waals surface area (Å²) >= 11 is 0.125. The number of hydrogen-bond acceptors (Lipinski definition) is 1.